The van der Waals surface area contributed by atoms with Crippen LogP contribution in [0.1, 0.15) is 19.3 Å². The number of likely N-dealkylation sites (tertiary alicyclic amines) is 1. The van der Waals surface area contributed by atoms with Crippen LogP contribution in [0.3, 0.4) is 0 Å². The first-order valence-corrected chi connectivity index (χ1v) is 10.6. The lowest BCUT2D eigenvalue weighted by atomic mass is 10.1. The van der Waals surface area contributed by atoms with E-state index in [1.807, 2.05) is 0 Å². The van der Waals surface area contributed by atoms with Crippen molar-refractivity contribution >= 4 is 53.7 Å². The van der Waals surface area contributed by atoms with Crippen molar-refractivity contribution in [3.8, 4) is 0 Å². The zero-order chi connectivity index (χ0) is 17.4. The molecule has 2 N–H and O–H groups in total. The van der Waals surface area contributed by atoms with Gasteiger partial charge in [0.15, 0.2) is 0 Å². The standard InChI is InChI=1S/C20H22Br2N2O/c21-14-4-6-19-17(10-14)18-11-15(22)5-7-20(18)24(19)13-16(25)12-23-8-2-1-3-9-23/h4-7,10-11,16,25H,1-3,8-9,12-13H2/p+1/t16-/m1/s1. The van der Waals surface area contributed by atoms with E-state index in [0.717, 1.165) is 15.5 Å². The lowest BCUT2D eigenvalue weighted by Gasteiger charge is -2.26. The number of aliphatic hydroxyl groups is 1. The van der Waals surface area contributed by atoms with E-state index in [9.17, 15) is 5.11 Å². The van der Waals surface area contributed by atoms with Gasteiger partial charge in [-0.05, 0) is 55.7 Å². The maximum absolute atomic E-state index is 10.7. The summed E-state index contributed by atoms with van der Waals surface area (Å²) in [6.07, 6.45) is 3.61. The van der Waals surface area contributed by atoms with E-state index in [4.69, 9.17) is 0 Å². The molecule has 0 unspecified atom stereocenters. The van der Waals surface area contributed by atoms with Crippen LogP contribution in [0.4, 0.5) is 0 Å². The number of quaternary nitrogens is 1. The first-order valence-electron chi connectivity index (χ1n) is 9.00. The quantitative estimate of drug-likeness (QED) is 0.602. The Kier molecular flexibility index (Phi) is 5.18. The Balaban J connectivity index is 1.69. The van der Waals surface area contributed by atoms with Crippen molar-refractivity contribution in [1.82, 2.24) is 4.57 Å². The van der Waals surface area contributed by atoms with E-state index < -0.39 is 0 Å². The number of hydrogen-bond acceptors (Lipinski definition) is 1. The highest BCUT2D eigenvalue weighted by Gasteiger charge is 2.20. The number of rotatable bonds is 4. The Morgan fingerprint density at radius 1 is 0.920 bits per heavy atom. The van der Waals surface area contributed by atoms with Gasteiger partial charge in [-0.2, -0.15) is 0 Å². The summed E-state index contributed by atoms with van der Waals surface area (Å²) in [4.78, 5) is 1.55. The van der Waals surface area contributed by atoms with Gasteiger partial charge in [-0.3, -0.25) is 0 Å². The minimum Gasteiger partial charge on any atom is -0.385 e. The van der Waals surface area contributed by atoms with Gasteiger partial charge in [-0.1, -0.05) is 31.9 Å². The molecule has 0 spiro atoms. The number of halogens is 2. The molecular weight excluding hydrogens is 444 g/mol. The third kappa shape index (κ3) is 3.65. The molecule has 2 aromatic carbocycles. The van der Waals surface area contributed by atoms with Crippen molar-refractivity contribution in [3.63, 3.8) is 0 Å². The molecule has 3 aromatic rings. The van der Waals surface area contributed by atoms with Crippen molar-refractivity contribution in [2.45, 2.75) is 31.9 Å². The Morgan fingerprint density at radius 2 is 1.48 bits per heavy atom. The molecule has 1 aromatic heterocycles. The first-order chi connectivity index (χ1) is 12.1. The van der Waals surface area contributed by atoms with Crippen LogP contribution in [-0.2, 0) is 6.54 Å². The van der Waals surface area contributed by atoms with Gasteiger partial charge in [-0.15, -0.1) is 0 Å². The molecule has 4 rings (SSSR count). The van der Waals surface area contributed by atoms with E-state index in [0.29, 0.717) is 6.54 Å². The average molecular weight is 467 g/mol. The Hall–Kier alpha value is -0.880. The largest absolute Gasteiger partial charge is 0.385 e. The van der Waals surface area contributed by atoms with Crippen molar-refractivity contribution in [2.24, 2.45) is 0 Å². The molecule has 0 amide bonds. The fourth-order valence-corrected chi connectivity index (χ4v) is 4.83. The second-order valence-electron chi connectivity index (χ2n) is 7.10. The van der Waals surface area contributed by atoms with Gasteiger partial charge in [0, 0.05) is 30.8 Å². The summed E-state index contributed by atoms with van der Waals surface area (Å²) in [6, 6.07) is 12.8. The van der Waals surface area contributed by atoms with Gasteiger partial charge in [0.25, 0.3) is 0 Å². The summed E-state index contributed by atoms with van der Waals surface area (Å²) in [5.41, 5.74) is 2.37. The summed E-state index contributed by atoms with van der Waals surface area (Å²) in [6.45, 7) is 3.88. The van der Waals surface area contributed by atoms with E-state index in [1.165, 1.54) is 54.2 Å². The number of nitrogens with zero attached hydrogens (tertiary/aromatic N) is 1. The molecule has 3 nitrogen and oxygen atoms in total. The number of benzene rings is 2. The minimum absolute atomic E-state index is 0.320. The summed E-state index contributed by atoms with van der Waals surface area (Å²) < 4.78 is 4.44. The minimum atomic E-state index is -0.320. The van der Waals surface area contributed by atoms with Crippen molar-refractivity contribution in [3.05, 3.63) is 45.3 Å². The highest BCUT2D eigenvalue weighted by atomic mass is 79.9. The maximum atomic E-state index is 10.7. The van der Waals surface area contributed by atoms with Crippen LogP contribution in [-0.4, -0.2) is 35.4 Å². The van der Waals surface area contributed by atoms with Crippen LogP contribution in [0.2, 0.25) is 0 Å². The molecule has 1 fully saturated rings. The van der Waals surface area contributed by atoms with Gasteiger partial charge in [0.2, 0.25) is 0 Å². The predicted octanol–water partition coefficient (Wildman–Crippen LogP) is 3.75. The number of aliphatic hydroxyl groups excluding tert-OH is 1. The lowest BCUT2D eigenvalue weighted by Crippen LogP contribution is -3.13. The van der Waals surface area contributed by atoms with Crippen LogP contribution in [0.5, 0.6) is 0 Å². The molecule has 25 heavy (non-hydrogen) atoms. The van der Waals surface area contributed by atoms with Gasteiger partial charge in [0.05, 0.1) is 19.6 Å². The SMILES string of the molecule is O[C@@H](Cn1c2ccc(Br)cc2c2cc(Br)ccc21)C[NH+]1CCCCC1. The number of aromatic nitrogens is 1. The molecule has 132 valence electrons. The summed E-state index contributed by atoms with van der Waals surface area (Å²) in [5, 5.41) is 13.2. The number of nitrogens with one attached hydrogen (secondary N) is 1. The second kappa shape index (κ2) is 7.39. The fourth-order valence-electron chi connectivity index (χ4n) is 4.11. The Labute approximate surface area is 164 Å². The number of piperidine rings is 1. The lowest BCUT2D eigenvalue weighted by molar-refractivity contribution is -0.908. The van der Waals surface area contributed by atoms with Gasteiger partial charge in [-0.25, -0.2) is 0 Å². The van der Waals surface area contributed by atoms with Crippen LogP contribution in [0.15, 0.2) is 45.3 Å². The molecule has 5 heteroatoms. The normalized spacial score (nSPS) is 17.4. The third-order valence-corrected chi connectivity index (χ3v) is 6.25. The van der Waals surface area contributed by atoms with Crippen LogP contribution < -0.4 is 4.90 Å². The molecular formula is C20H23Br2N2O+. The van der Waals surface area contributed by atoms with E-state index in [2.05, 4.69) is 72.8 Å². The maximum Gasteiger partial charge on any atom is 0.121 e. The third-order valence-electron chi connectivity index (χ3n) is 5.27. The predicted molar refractivity (Wildman–Crippen MR) is 110 cm³/mol. The van der Waals surface area contributed by atoms with Crippen LogP contribution in [0, 0.1) is 0 Å². The average Bonchev–Trinajstić information content (AvgIpc) is 2.88. The highest BCUT2D eigenvalue weighted by Crippen LogP contribution is 2.33. The molecule has 1 aliphatic rings. The monoisotopic (exact) mass is 465 g/mol. The Bertz CT molecular complexity index is 840. The van der Waals surface area contributed by atoms with E-state index in [-0.39, 0.29) is 6.10 Å². The van der Waals surface area contributed by atoms with Crippen molar-refractivity contribution in [1.29, 1.82) is 0 Å². The zero-order valence-corrected chi connectivity index (χ0v) is 17.3. The van der Waals surface area contributed by atoms with Crippen molar-refractivity contribution in [2.75, 3.05) is 19.6 Å². The van der Waals surface area contributed by atoms with Gasteiger partial charge >= 0.3 is 0 Å². The first kappa shape index (κ1) is 17.5. The molecule has 0 aliphatic carbocycles. The van der Waals surface area contributed by atoms with E-state index in [1.54, 1.807) is 4.90 Å². The topological polar surface area (TPSA) is 29.6 Å². The molecule has 1 atom stereocenters. The molecule has 0 saturated carbocycles. The van der Waals surface area contributed by atoms with Crippen LogP contribution >= 0.6 is 31.9 Å². The number of hydrogen-bond donors (Lipinski definition) is 2. The van der Waals surface area contributed by atoms with E-state index >= 15 is 0 Å². The van der Waals surface area contributed by atoms with Gasteiger partial charge in [0.1, 0.15) is 12.6 Å². The molecule has 2 heterocycles. The Morgan fingerprint density at radius 3 is 2.04 bits per heavy atom. The fraction of sp³-hybridized carbons (Fsp3) is 0.400. The molecule has 1 aliphatic heterocycles. The molecule has 0 bridgehead atoms. The molecule has 1 saturated heterocycles. The van der Waals surface area contributed by atoms with Gasteiger partial charge < -0.3 is 14.6 Å². The zero-order valence-electron chi connectivity index (χ0n) is 14.1. The smallest absolute Gasteiger partial charge is 0.121 e. The second-order valence-corrected chi connectivity index (χ2v) is 8.93. The number of fused-ring (bicyclic) bond motifs is 3. The highest BCUT2D eigenvalue weighted by molar-refractivity contribution is 9.10. The van der Waals surface area contributed by atoms with Crippen molar-refractivity contribution < 1.29 is 10.0 Å². The summed E-state index contributed by atoms with van der Waals surface area (Å²) in [5.74, 6) is 0. The summed E-state index contributed by atoms with van der Waals surface area (Å²) >= 11 is 7.18. The summed E-state index contributed by atoms with van der Waals surface area (Å²) in [7, 11) is 0. The van der Waals surface area contributed by atoms with Crippen LogP contribution in [0.25, 0.3) is 21.8 Å². The molecule has 0 radical (unpaired) electrons.